The van der Waals surface area contributed by atoms with Crippen LogP contribution in [0.2, 0.25) is 0 Å². The molecule has 0 atom stereocenters. The van der Waals surface area contributed by atoms with Crippen LogP contribution in [0.15, 0.2) is 67.4 Å². The third kappa shape index (κ3) is 4.36. The minimum Gasteiger partial charge on any atom is -0.496 e. The van der Waals surface area contributed by atoms with Gasteiger partial charge in [0.25, 0.3) is 0 Å². The van der Waals surface area contributed by atoms with Crippen LogP contribution in [0.4, 0.5) is 17.5 Å². The number of aromatic nitrogens is 2. The lowest BCUT2D eigenvalue weighted by Gasteiger charge is -2.19. The first kappa shape index (κ1) is 18.3. The van der Waals surface area contributed by atoms with Crippen LogP contribution in [0.3, 0.4) is 0 Å². The predicted octanol–water partition coefficient (Wildman–Crippen LogP) is 4.34. The molecule has 0 bridgehead atoms. The molecule has 0 radical (unpaired) electrons. The summed E-state index contributed by atoms with van der Waals surface area (Å²) in [5.41, 5.74) is 1.69. The molecular weight excluding hydrogens is 340 g/mol. The van der Waals surface area contributed by atoms with E-state index >= 15 is 0 Å². The second kappa shape index (κ2) is 8.23. The van der Waals surface area contributed by atoms with Gasteiger partial charge in [-0.1, -0.05) is 36.9 Å². The average Bonchev–Trinajstić information content (AvgIpc) is 2.69. The Hall–Kier alpha value is -3.54. The first-order valence-electron chi connectivity index (χ1n) is 8.45. The molecule has 0 saturated carbocycles. The van der Waals surface area contributed by atoms with Gasteiger partial charge in [0, 0.05) is 19.8 Å². The fraction of sp³-hybridized carbons (Fsp3) is 0.143. The summed E-state index contributed by atoms with van der Waals surface area (Å²) in [6.45, 7) is 4.03. The Kier molecular flexibility index (Phi) is 5.56. The number of methoxy groups -OCH3 is 1. The zero-order valence-electron chi connectivity index (χ0n) is 15.6. The minimum atomic E-state index is 0.461. The van der Waals surface area contributed by atoms with Crippen LogP contribution in [0, 0.1) is 0 Å². The Morgan fingerprint density at radius 2 is 1.70 bits per heavy atom. The van der Waals surface area contributed by atoms with E-state index in [0.29, 0.717) is 29.0 Å². The van der Waals surface area contributed by atoms with Gasteiger partial charge >= 0.3 is 0 Å². The maximum absolute atomic E-state index is 5.97. The van der Waals surface area contributed by atoms with Crippen molar-refractivity contribution in [1.29, 1.82) is 0 Å². The first-order valence-corrected chi connectivity index (χ1v) is 8.45. The molecule has 0 fully saturated rings. The number of hydrogen-bond acceptors (Lipinski definition) is 6. The molecule has 1 N–H and O–H groups in total. The number of ether oxygens (including phenoxy) is 2. The molecule has 1 heterocycles. The van der Waals surface area contributed by atoms with E-state index in [0.717, 1.165) is 11.3 Å². The Labute approximate surface area is 159 Å². The maximum atomic E-state index is 5.97. The van der Waals surface area contributed by atoms with Crippen LogP contribution in [-0.2, 0) is 0 Å². The minimum absolute atomic E-state index is 0.461. The maximum Gasteiger partial charge on any atom is 0.229 e. The third-order valence-electron chi connectivity index (χ3n) is 3.83. The van der Waals surface area contributed by atoms with Crippen LogP contribution in [0.5, 0.6) is 11.5 Å². The first-order chi connectivity index (χ1) is 13.1. The van der Waals surface area contributed by atoms with Gasteiger partial charge in [0.15, 0.2) is 11.6 Å². The summed E-state index contributed by atoms with van der Waals surface area (Å²) < 4.78 is 11.3. The molecule has 0 unspecified atom stereocenters. The van der Waals surface area contributed by atoms with E-state index < -0.39 is 0 Å². The lowest BCUT2D eigenvalue weighted by atomic mass is 10.2. The van der Waals surface area contributed by atoms with Gasteiger partial charge in [0.1, 0.15) is 11.5 Å². The number of nitrogens with one attached hydrogen (secondary N) is 1. The van der Waals surface area contributed by atoms with Crippen molar-refractivity contribution in [3.63, 3.8) is 0 Å². The van der Waals surface area contributed by atoms with Crippen molar-refractivity contribution in [3.8, 4) is 11.5 Å². The number of nitrogens with zero attached hydrogens (tertiary/aromatic N) is 3. The highest BCUT2D eigenvalue weighted by Gasteiger charge is 2.15. The van der Waals surface area contributed by atoms with E-state index in [1.54, 1.807) is 13.3 Å². The number of rotatable bonds is 7. The summed E-state index contributed by atoms with van der Waals surface area (Å²) >= 11 is 0. The second-order valence-electron chi connectivity index (χ2n) is 5.99. The van der Waals surface area contributed by atoms with E-state index in [2.05, 4.69) is 21.9 Å². The Bertz CT molecular complexity index is 926. The van der Waals surface area contributed by atoms with E-state index in [4.69, 9.17) is 9.47 Å². The van der Waals surface area contributed by atoms with Gasteiger partial charge in [-0.15, -0.1) is 0 Å². The lowest BCUT2D eigenvalue weighted by Crippen LogP contribution is -2.14. The van der Waals surface area contributed by atoms with E-state index in [9.17, 15) is 0 Å². The van der Waals surface area contributed by atoms with Crippen molar-refractivity contribution >= 4 is 23.2 Å². The summed E-state index contributed by atoms with van der Waals surface area (Å²) in [5.74, 6) is 2.79. The smallest absolute Gasteiger partial charge is 0.229 e. The van der Waals surface area contributed by atoms with Crippen LogP contribution in [-0.4, -0.2) is 31.2 Å². The Morgan fingerprint density at radius 1 is 1.00 bits per heavy atom. The Balaban J connectivity index is 1.85. The molecule has 0 spiro atoms. The summed E-state index contributed by atoms with van der Waals surface area (Å²) in [4.78, 5) is 10.8. The summed E-state index contributed by atoms with van der Waals surface area (Å²) in [7, 11) is 5.41. The molecule has 6 nitrogen and oxygen atoms in total. The van der Waals surface area contributed by atoms with E-state index in [1.807, 2.05) is 73.6 Å². The fourth-order valence-corrected chi connectivity index (χ4v) is 2.53. The van der Waals surface area contributed by atoms with Gasteiger partial charge in [0.2, 0.25) is 5.95 Å². The van der Waals surface area contributed by atoms with Crippen molar-refractivity contribution in [3.05, 3.63) is 72.9 Å². The highest BCUT2D eigenvalue weighted by molar-refractivity contribution is 5.68. The highest BCUT2D eigenvalue weighted by Crippen LogP contribution is 2.32. The van der Waals surface area contributed by atoms with Crippen LogP contribution in [0.1, 0.15) is 5.56 Å². The topological polar surface area (TPSA) is 59.5 Å². The monoisotopic (exact) mass is 362 g/mol. The SMILES string of the molecule is C=C(Oc1cnc(Nc2ccccc2)nc1N(C)C)c1ccccc1OC. The van der Waals surface area contributed by atoms with Crippen molar-refractivity contribution in [2.45, 2.75) is 0 Å². The van der Waals surface area contributed by atoms with Crippen LogP contribution >= 0.6 is 0 Å². The van der Waals surface area contributed by atoms with Gasteiger partial charge < -0.3 is 19.7 Å². The molecule has 3 rings (SSSR count). The molecule has 1 aromatic heterocycles. The summed E-state index contributed by atoms with van der Waals surface area (Å²) in [5, 5.41) is 3.18. The van der Waals surface area contributed by atoms with Crippen molar-refractivity contribution in [1.82, 2.24) is 9.97 Å². The lowest BCUT2D eigenvalue weighted by molar-refractivity contribution is 0.409. The van der Waals surface area contributed by atoms with Gasteiger partial charge in [-0.05, 0) is 24.3 Å². The molecule has 0 aliphatic heterocycles. The zero-order valence-corrected chi connectivity index (χ0v) is 15.6. The summed E-state index contributed by atoms with van der Waals surface area (Å²) in [6.07, 6.45) is 1.63. The second-order valence-corrected chi connectivity index (χ2v) is 5.99. The summed E-state index contributed by atoms with van der Waals surface area (Å²) in [6, 6.07) is 17.3. The number of benzene rings is 2. The van der Waals surface area contributed by atoms with Gasteiger partial charge in [-0.25, -0.2) is 4.98 Å². The van der Waals surface area contributed by atoms with E-state index in [1.165, 1.54) is 0 Å². The van der Waals surface area contributed by atoms with Crippen LogP contribution in [0.25, 0.3) is 5.76 Å². The average molecular weight is 362 g/mol. The van der Waals surface area contributed by atoms with Crippen molar-refractivity contribution in [2.75, 3.05) is 31.4 Å². The zero-order chi connectivity index (χ0) is 19.2. The van der Waals surface area contributed by atoms with E-state index in [-0.39, 0.29) is 0 Å². The van der Waals surface area contributed by atoms with Gasteiger partial charge in [-0.3, -0.25) is 0 Å². The van der Waals surface area contributed by atoms with Gasteiger partial charge in [0.05, 0.1) is 18.9 Å². The predicted molar refractivity (Wildman–Crippen MR) is 109 cm³/mol. The van der Waals surface area contributed by atoms with Crippen LogP contribution < -0.4 is 19.7 Å². The Morgan fingerprint density at radius 3 is 2.41 bits per heavy atom. The number of hydrogen-bond donors (Lipinski definition) is 1. The molecular formula is C21H22N4O2. The number of para-hydroxylation sites is 2. The quantitative estimate of drug-likeness (QED) is 0.631. The standard InChI is InChI=1S/C21H22N4O2/c1-15(17-12-8-9-13-18(17)26-4)27-19-14-22-21(24-20(19)25(2)3)23-16-10-6-5-7-11-16/h5-14H,1H2,2-4H3,(H,22,23,24). The van der Waals surface area contributed by atoms with Gasteiger partial charge in [-0.2, -0.15) is 4.98 Å². The molecule has 0 aliphatic rings. The molecule has 3 aromatic rings. The largest absolute Gasteiger partial charge is 0.496 e. The molecule has 0 amide bonds. The fourth-order valence-electron chi connectivity index (χ4n) is 2.53. The third-order valence-corrected chi connectivity index (χ3v) is 3.83. The van der Waals surface area contributed by atoms with Crippen molar-refractivity contribution in [2.24, 2.45) is 0 Å². The molecule has 138 valence electrons. The number of anilines is 3. The molecule has 2 aromatic carbocycles. The molecule has 6 heteroatoms. The molecule has 0 aliphatic carbocycles. The highest BCUT2D eigenvalue weighted by atomic mass is 16.5. The molecule has 0 saturated heterocycles. The normalized spacial score (nSPS) is 10.2. The van der Waals surface area contributed by atoms with Crippen molar-refractivity contribution < 1.29 is 9.47 Å². The molecule has 27 heavy (non-hydrogen) atoms.